The summed E-state index contributed by atoms with van der Waals surface area (Å²) in [6, 6.07) is 19.9. The minimum atomic E-state index is -0.494. The van der Waals surface area contributed by atoms with Crippen LogP contribution in [0.5, 0.6) is 0 Å². The van der Waals surface area contributed by atoms with Crippen LogP contribution in [0.25, 0.3) is 0 Å². The first-order valence-electron chi connectivity index (χ1n) is 12.8. The molecule has 0 aliphatic carbocycles. The Morgan fingerprint density at radius 1 is 0.475 bits per heavy atom. The minimum Gasteiger partial charge on any atom is -0.289 e. The van der Waals surface area contributed by atoms with E-state index in [4.69, 9.17) is 0 Å². The minimum absolute atomic E-state index is 0.145. The van der Waals surface area contributed by atoms with Crippen LogP contribution in [0.15, 0.2) is 72.8 Å². The molecule has 0 spiro atoms. The van der Waals surface area contributed by atoms with E-state index in [9.17, 15) is 24.0 Å². The molecule has 0 unspecified atom stereocenters. The number of hydrogen-bond donors (Lipinski definition) is 0. The van der Waals surface area contributed by atoms with Gasteiger partial charge in [-0.05, 0) is 74.2 Å². The topological polar surface area (TPSA) is 91.8 Å². The Balaban J connectivity index is 1.35. The number of ketones is 1. The second-order valence-electron chi connectivity index (χ2n) is 10.2. The van der Waals surface area contributed by atoms with Crippen molar-refractivity contribution in [3.63, 3.8) is 0 Å². The van der Waals surface area contributed by atoms with Gasteiger partial charge in [0.15, 0.2) is 5.78 Å². The molecule has 0 bridgehead atoms. The Kier molecular flexibility index (Phi) is 5.62. The maximum Gasteiger partial charge on any atom is 0.266 e. The molecule has 4 aromatic rings. The highest BCUT2D eigenvalue weighted by atomic mass is 16.2. The molecule has 0 saturated heterocycles. The maximum absolute atomic E-state index is 13.5. The lowest BCUT2D eigenvalue weighted by atomic mass is 9.96. The van der Waals surface area contributed by atoms with Crippen molar-refractivity contribution in [3.05, 3.63) is 128 Å². The van der Waals surface area contributed by atoms with Gasteiger partial charge in [-0.25, -0.2) is 9.80 Å². The summed E-state index contributed by atoms with van der Waals surface area (Å²) in [5.74, 6) is -2.30. The van der Waals surface area contributed by atoms with Gasteiger partial charge in [-0.15, -0.1) is 0 Å². The number of nitrogens with zero attached hydrogens (tertiary/aromatic N) is 2. The fraction of sp³-hybridized carbons (Fsp3) is 0.121. The molecular weight excluding hydrogens is 504 g/mol. The predicted octanol–water partition coefficient (Wildman–Crippen LogP) is 5.75. The van der Waals surface area contributed by atoms with Crippen molar-refractivity contribution in [2.45, 2.75) is 27.7 Å². The third-order valence-electron chi connectivity index (χ3n) is 7.62. The average molecular weight is 529 g/mol. The molecule has 4 aromatic carbocycles. The van der Waals surface area contributed by atoms with Crippen LogP contribution in [0, 0.1) is 27.7 Å². The van der Waals surface area contributed by atoms with E-state index in [1.54, 1.807) is 0 Å². The summed E-state index contributed by atoms with van der Waals surface area (Å²) in [4.78, 5) is 69.0. The first-order valence-corrected chi connectivity index (χ1v) is 12.8. The molecule has 4 amide bonds. The highest BCUT2D eigenvalue weighted by Crippen LogP contribution is 2.35. The largest absolute Gasteiger partial charge is 0.289 e. The van der Waals surface area contributed by atoms with Crippen LogP contribution < -0.4 is 9.80 Å². The number of anilines is 2. The van der Waals surface area contributed by atoms with Crippen molar-refractivity contribution in [1.82, 2.24) is 0 Å². The number of hydrogen-bond acceptors (Lipinski definition) is 5. The third kappa shape index (κ3) is 3.55. The predicted molar refractivity (Wildman–Crippen MR) is 150 cm³/mol. The molecule has 0 radical (unpaired) electrons. The summed E-state index contributed by atoms with van der Waals surface area (Å²) >= 11 is 0. The van der Waals surface area contributed by atoms with Crippen LogP contribution >= 0.6 is 0 Å². The summed E-state index contributed by atoms with van der Waals surface area (Å²) in [5, 5.41) is 0. The van der Waals surface area contributed by atoms with Gasteiger partial charge >= 0.3 is 0 Å². The van der Waals surface area contributed by atoms with E-state index in [1.165, 1.54) is 36.4 Å². The summed E-state index contributed by atoms with van der Waals surface area (Å²) in [6.45, 7) is 7.34. The number of carbonyl (C=O) groups is 5. The molecule has 0 saturated carbocycles. The molecular formula is C33H24N2O5. The Hall–Kier alpha value is -5.17. The molecule has 6 rings (SSSR count). The maximum atomic E-state index is 13.5. The van der Waals surface area contributed by atoms with Gasteiger partial charge in [0.2, 0.25) is 0 Å². The Labute approximate surface area is 230 Å². The normalized spacial score (nSPS) is 14.2. The summed E-state index contributed by atoms with van der Waals surface area (Å²) in [7, 11) is 0. The molecule has 40 heavy (non-hydrogen) atoms. The van der Waals surface area contributed by atoms with Gasteiger partial charge in [0.05, 0.1) is 33.6 Å². The second-order valence-corrected chi connectivity index (χ2v) is 10.2. The zero-order valence-electron chi connectivity index (χ0n) is 22.4. The lowest BCUT2D eigenvalue weighted by Crippen LogP contribution is -2.30. The van der Waals surface area contributed by atoms with Crippen molar-refractivity contribution in [3.8, 4) is 0 Å². The van der Waals surface area contributed by atoms with Crippen molar-refractivity contribution < 1.29 is 24.0 Å². The third-order valence-corrected chi connectivity index (χ3v) is 7.62. The van der Waals surface area contributed by atoms with E-state index >= 15 is 0 Å². The van der Waals surface area contributed by atoms with Gasteiger partial charge in [-0.1, -0.05) is 48.5 Å². The lowest BCUT2D eigenvalue weighted by Gasteiger charge is -2.19. The number of carbonyl (C=O) groups excluding carboxylic acids is 5. The van der Waals surface area contributed by atoms with E-state index in [0.717, 1.165) is 32.1 Å². The molecule has 7 nitrogen and oxygen atoms in total. The molecule has 2 aliphatic heterocycles. The van der Waals surface area contributed by atoms with E-state index < -0.39 is 29.4 Å². The molecule has 7 heteroatoms. The summed E-state index contributed by atoms with van der Waals surface area (Å²) in [5.41, 5.74) is 5.38. The molecule has 2 heterocycles. The number of rotatable bonds is 4. The summed E-state index contributed by atoms with van der Waals surface area (Å²) in [6.07, 6.45) is 0. The Morgan fingerprint density at radius 3 is 1.15 bits per heavy atom. The van der Waals surface area contributed by atoms with Crippen LogP contribution in [0.3, 0.4) is 0 Å². The number of imide groups is 2. The van der Waals surface area contributed by atoms with Gasteiger partial charge in [0, 0.05) is 11.1 Å². The SMILES string of the molecule is Cc1cccc(C)c1N1C(=O)c2ccc(C(=O)c3ccc4c(c3)C(=O)N(c3c(C)cccc3C)C4=O)cc2C1=O. The van der Waals surface area contributed by atoms with Crippen LogP contribution in [-0.2, 0) is 0 Å². The number of amides is 4. The lowest BCUT2D eigenvalue weighted by molar-refractivity contribution is 0.0910. The zero-order chi connectivity index (χ0) is 28.5. The number of fused-ring (bicyclic) bond motifs is 2. The number of aryl methyl sites for hydroxylation is 4. The molecule has 0 aromatic heterocycles. The van der Waals surface area contributed by atoms with Crippen molar-refractivity contribution >= 4 is 40.8 Å². The van der Waals surface area contributed by atoms with Gasteiger partial charge in [-0.3, -0.25) is 24.0 Å². The zero-order valence-corrected chi connectivity index (χ0v) is 22.4. The van der Waals surface area contributed by atoms with Gasteiger partial charge in [0.25, 0.3) is 23.6 Å². The second kappa shape index (κ2) is 8.95. The van der Waals surface area contributed by atoms with E-state index in [0.29, 0.717) is 11.4 Å². The highest BCUT2D eigenvalue weighted by molar-refractivity contribution is 6.36. The molecule has 0 atom stereocenters. The fourth-order valence-electron chi connectivity index (χ4n) is 5.65. The first kappa shape index (κ1) is 25.1. The highest BCUT2D eigenvalue weighted by Gasteiger charge is 2.40. The average Bonchev–Trinajstić information content (AvgIpc) is 3.32. The number of para-hydroxylation sites is 2. The smallest absolute Gasteiger partial charge is 0.266 e. The van der Waals surface area contributed by atoms with E-state index in [2.05, 4.69) is 0 Å². The number of benzene rings is 4. The van der Waals surface area contributed by atoms with E-state index in [-0.39, 0.29) is 33.4 Å². The van der Waals surface area contributed by atoms with Gasteiger partial charge in [0.1, 0.15) is 0 Å². The quantitative estimate of drug-likeness (QED) is 0.248. The van der Waals surface area contributed by atoms with Crippen molar-refractivity contribution in [1.29, 1.82) is 0 Å². The van der Waals surface area contributed by atoms with E-state index in [1.807, 2.05) is 64.1 Å². The molecule has 196 valence electrons. The van der Waals surface area contributed by atoms with Crippen LogP contribution in [0.1, 0.15) is 79.6 Å². The van der Waals surface area contributed by atoms with Crippen molar-refractivity contribution in [2.24, 2.45) is 0 Å². The standard InChI is InChI=1S/C33H24N2O5/c1-17-7-5-8-18(2)27(17)34-30(37)23-13-11-21(15-25(23)32(34)39)29(36)22-12-14-24-26(16-22)33(40)35(31(24)38)28-19(3)9-6-10-20(28)4/h5-16H,1-4H3. The Morgan fingerprint density at radius 2 is 0.800 bits per heavy atom. The summed E-state index contributed by atoms with van der Waals surface area (Å²) < 4.78 is 0. The Bertz CT molecular complexity index is 1680. The van der Waals surface area contributed by atoms with Crippen LogP contribution in [0.2, 0.25) is 0 Å². The first-order chi connectivity index (χ1) is 19.1. The van der Waals surface area contributed by atoms with Gasteiger partial charge in [-0.2, -0.15) is 0 Å². The molecule has 0 fully saturated rings. The van der Waals surface area contributed by atoms with Gasteiger partial charge < -0.3 is 0 Å². The van der Waals surface area contributed by atoms with Crippen LogP contribution in [0.4, 0.5) is 11.4 Å². The monoisotopic (exact) mass is 528 g/mol. The molecule has 2 aliphatic rings. The van der Waals surface area contributed by atoms with Crippen molar-refractivity contribution in [2.75, 3.05) is 9.80 Å². The van der Waals surface area contributed by atoms with Crippen LogP contribution in [-0.4, -0.2) is 29.4 Å². The molecule has 0 N–H and O–H groups in total. The fourth-order valence-corrected chi connectivity index (χ4v) is 5.65.